The predicted molar refractivity (Wildman–Crippen MR) is 80.6 cm³/mol. The lowest BCUT2D eigenvalue weighted by atomic mass is 9.90. The van der Waals surface area contributed by atoms with Crippen LogP contribution in [0.15, 0.2) is 35.1 Å². The van der Waals surface area contributed by atoms with E-state index in [2.05, 4.69) is 15.7 Å². The van der Waals surface area contributed by atoms with Crippen molar-refractivity contribution in [3.63, 3.8) is 0 Å². The monoisotopic (exact) mass is 288 g/mol. The Hall–Kier alpha value is -2.34. The summed E-state index contributed by atoms with van der Waals surface area (Å²) in [5.41, 5.74) is 4.55. The molecule has 21 heavy (non-hydrogen) atoms. The van der Waals surface area contributed by atoms with Crippen molar-refractivity contribution in [2.45, 2.75) is 32.7 Å². The SMILES string of the molecule is CC(C)(C)c1cc(C(=O)NCc2ccoc2)cc(NN)n1. The molecule has 0 bridgehead atoms. The standard InChI is InChI=1S/C15H20N4O2/c1-15(2,3)12-6-11(7-13(18-12)19-16)14(20)17-8-10-4-5-21-9-10/h4-7,9H,8,16H2,1-3H3,(H,17,20)(H,18,19). The maximum Gasteiger partial charge on any atom is 0.251 e. The first-order chi connectivity index (χ1) is 9.90. The molecule has 0 aliphatic carbocycles. The van der Waals surface area contributed by atoms with Crippen molar-refractivity contribution in [3.05, 3.63) is 47.5 Å². The van der Waals surface area contributed by atoms with E-state index >= 15 is 0 Å². The average Bonchev–Trinajstić information content (AvgIpc) is 2.96. The van der Waals surface area contributed by atoms with Crippen LogP contribution in [0.4, 0.5) is 5.82 Å². The Balaban J connectivity index is 2.19. The number of anilines is 1. The quantitative estimate of drug-likeness (QED) is 0.592. The molecule has 2 rings (SSSR count). The fourth-order valence-corrected chi connectivity index (χ4v) is 1.80. The summed E-state index contributed by atoms with van der Waals surface area (Å²) in [7, 11) is 0. The molecule has 0 fully saturated rings. The number of nitrogen functional groups attached to an aromatic ring is 1. The van der Waals surface area contributed by atoms with Crippen molar-refractivity contribution >= 4 is 11.7 Å². The molecule has 0 saturated heterocycles. The topological polar surface area (TPSA) is 93.2 Å². The van der Waals surface area contributed by atoms with E-state index in [1.165, 1.54) is 0 Å². The minimum atomic E-state index is -0.180. The molecule has 0 aliphatic rings. The van der Waals surface area contributed by atoms with Gasteiger partial charge in [0.2, 0.25) is 0 Å². The van der Waals surface area contributed by atoms with Crippen molar-refractivity contribution < 1.29 is 9.21 Å². The van der Waals surface area contributed by atoms with Crippen LogP contribution in [0.5, 0.6) is 0 Å². The lowest BCUT2D eigenvalue weighted by Gasteiger charge is -2.19. The number of amides is 1. The van der Waals surface area contributed by atoms with Crippen LogP contribution >= 0.6 is 0 Å². The average molecular weight is 288 g/mol. The molecule has 0 atom stereocenters. The number of hydrazine groups is 1. The zero-order valence-electron chi connectivity index (χ0n) is 12.4. The Labute approximate surface area is 123 Å². The third kappa shape index (κ3) is 3.82. The zero-order valence-corrected chi connectivity index (χ0v) is 12.4. The maximum atomic E-state index is 12.2. The number of hydrogen-bond acceptors (Lipinski definition) is 5. The number of carbonyl (C=O) groups is 1. The molecule has 4 N–H and O–H groups in total. The first kappa shape index (κ1) is 15.1. The van der Waals surface area contributed by atoms with Crippen molar-refractivity contribution in [1.82, 2.24) is 10.3 Å². The highest BCUT2D eigenvalue weighted by molar-refractivity contribution is 5.95. The van der Waals surface area contributed by atoms with E-state index in [9.17, 15) is 4.79 Å². The molecule has 2 heterocycles. The van der Waals surface area contributed by atoms with Gasteiger partial charge in [0.05, 0.1) is 12.5 Å². The molecule has 1 amide bonds. The lowest BCUT2D eigenvalue weighted by Crippen LogP contribution is -2.25. The van der Waals surface area contributed by atoms with Gasteiger partial charge in [0.25, 0.3) is 5.91 Å². The molecule has 6 heteroatoms. The van der Waals surface area contributed by atoms with Gasteiger partial charge in [-0.1, -0.05) is 20.8 Å². The highest BCUT2D eigenvalue weighted by Gasteiger charge is 2.19. The second-order valence-corrected chi connectivity index (χ2v) is 5.83. The maximum absolute atomic E-state index is 12.2. The van der Waals surface area contributed by atoms with Gasteiger partial charge in [-0.05, 0) is 18.2 Å². The third-order valence-electron chi connectivity index (χ3n) is 3.04. The summed E-state index contributed by atoms with van der Waals surface area (Å²) in [5.74, 6) is 5.71. The van der Waals surface area contributed by atoms with E-state index in [4.69, 9.17) is 10.3 Å². The van der Waals surface area contributed by atoms with Gasteiger partial charge in [-0.15, -0.1) is 0 Å². The van der Waals surface area contributed by atoms with Gasteiger partial charge in [0.15, 0.2) is 0 Å². The van der Waals surface area contributed by atoms with Gasteiger partial charge in [0, 0.05) is 28.8 Å². The Bertz CT molecular complexity index is 615. The minimum Gasteiger partial charge on any atom is -0.472 e. The summed E-state index contributed by atoms with van der Waals surface area (Å²) >= 11 is 0. The number of furan rings is 1. The van der Waals surface area contributed by atoms with Crippen LogP contribution in [-0.4, -0.2) is 10.9 Å². The van der Waals surface area contributed by atoms with E-state index in [1.54, 1.807) is 30.7 Å². The summed E-state index contributed by atoms with van der Waals surface area (Å²) in [4.78, 5) is 16.6. The predicted octanol–water partition coefficient (Wildman–Crippen LogP) is 2.19. The van der Waals surface area contributed by atoms with Crippen LogP contribution < -0.4 is 16.6 Å². The summed E-state index contributed by atoms with van der Waals surface area (Å²) < 4.78 is 4.96. The number of nitrogens with two attached hydrogens (primary N) is 1. The second-order valence-electron chi connectivity index (χ2n) is 5.83. The first-order valence-electron chi connectivity index (χ1n) is 6.68. The first-order valence-corrected chi connectivity index (χ1v) is 6.68. The molecular weight excluding hydrogens is 268 g/mol. The summed E-state index contributed by atoms with van der Waals surface area (Å²) in [6.45, 7) is 6.50. The van der Waals surface area contributed by atoms with Gasteiger partial charge in [0.1, 0.15) is 5.82 Å². The lowest BCUT2D eigenvalue weighted by molar-refractivity contribution is 0.0950. The fourth-order valence-electron chi connectivity index (χ4n) is 1.80. The second kappa shape index (κ2) is 5.97. The Morgan fingerprint density at radius 1 is 1.38 bits per heavy atom. The summed E-state index contributed by atoms with van der Waals surface area (Å²) in [6, 6.07) is 5.21. The zero-order chi connectivity index (χ0) is 15.5. The highest BCUT2D eigenvalue weighted by Crippen LogP contribution is 2.23. The van der Waals surface area contributed by atoms with E-state index < -0.39 is 0 Å². The number of carbonyl (C=O) groups excluding carboxylic acids is 1. The van der Waals surface area contributed by atoms with Crippen molar-refractivity contribution in [2.75, 3.05) is 5.43 Å². The van der Waals surface area contributed by atoms with Crippen LogP contribution in [0.2, 0.25) is 0 Å². The summed E-state index contributed by atoms with van der Waals surface area (Å²) in [6.07, 6.45) is 3.17. The number of hydrogen-bond donors (Lipinski definition) is 3. The molecule has 0 unspecified atom stereocenters. The Morgan fingerprint density at radius 3 is 2.71 bits per heavy atom. The van der Waals surface area contributed by atoms with Crippen LogP contribution in [0.1, 0.15) is 42.4 Å². The van der Waals surface area contributed by atoms with Gasteiger partial charge < -0.3 is 15.2 Å². The van der Waals surface area contributed by atoms with Crippen LogP contribution in [0, 0.1) is 0 Å². The molecule has 0 radical (unpaired) electrons. The van der Waals surface area contributed by atoms with Gasteiger partial charge in [-0.3, -0.25) is 4.79 Å². The molecule has 0 saturated carbocycles. The van der Waals surface area contributed by atoms with Crippen LogP contribution in [-0.2, 0) is 12.0 Å². The molecule has 112 valence electrons. The van der Waals surface area contributed by atoms with Crippen LogP contribution in [0.3, 0.4) is 0 Å². The number of nitrogens with zero attached hydrogens (tertiary/aromatic N) is 1. The van der Waals surface area contributed by atoms with Crippen molar-refractivity contribution in [2.24, 2.45) is 5.84 Å². The normalized spacial score (nSPS) is 11.2. The fraction of sp³-hybridized carbons (Fsp3) is 0.333. The minimum absolute atomic E-state index is 0.174. The number of nitrogens with one attached hydrogen (secondary N) is 2. The van der Waals surface area contributed by atoms with Crippen molar-refractivity contribution in [1.29, 1.82) is 0 Å². The van der Waals surface area contributed by atoms with Crippen LogP contribution in [0.25, 0.3) is 0 Å². The molecule has 2 aromatic rings. The highest BCUT2D eigenvalue weighted by atomic mass is 16.3. The smallest absolute Gasteiger partial charge is 0.251 e. The molecule has 0 spiro atoms. The van der Waals surface area contributed by atoms with Gasteiger partial charge >= 0.3 is 0 Å². The molecule has 6 nitrogen and oxygen atoms in total. The van der Waals surface area contributed by atoms with Gasteiger partial charge in [-0.2, -0.15) is 0 Å². The number of aromatic nitrogens is 1. The third-order valence-corrected chi connectivity index (χ3v) is 3.04. The number of rotatable bonds is 4. The van der Waals surface area contributed by atoms with E-state index in [-0.39, 0.29) is 11.3 Å². The molecule has 0 aromatic carbocycles. The molecule has 2 aromatic heterocycles. The Kier molecular flexibility index (Phi) is 4.28. The number of pyridine rings is 1. The van der Waals surface area contributed by atoms with Gasteiger partial charge in [-0.25, -0.2) is 10.8 Å². The van der Waals surface area contributed by atoms with E-state index in [1.807, 2.05) is 20.8 Å². The van der Waals surface area contributed by atoms with E-state index in [0.29, 0.717) is 17.9 Å². The Morgan fingerprint density at radius 2 is 2.14 bits per heavy atom. The van der Waals surface area contributed by atoms with E-state index in [0.717, 1.165) is 11.3 Å². The largest absolute Gasteiger partial charge is 0.472 e. The summed E-state index contributed by atoms with van der Waals surface area (Å²) in [5, 5.41) is 2.84. The molecule has 0 aliphatic heterocycles. The molecular formula is C15H20N4O2. The van der Waals surface area contributed by atoms with Crippen molar-refractivity contribution in [3.8, 4) is 0 Å².